The first kappa shape index (κ1) is 21.4. The van der Waals surface area contributed by atoms with E-state index in [-0.39, 0.29) is 5.78 Å². The molecule has 0 aliphatic carbocycles. The van der Waals surface area contributed by atoms with Gasteiger partial charge in [0.15, 0.2) is 5.78 Å². The van der Waals surface area contributed by atoms with Crippen LogP contribution in [0.2, 0.25) is 0 Å². The quantitative estimate of drug-likeness (QED) is 0.322. The molecular formula is C29H16N2O5. The van der Waals surface area contributed by atoms with Gasteiger partial charge in [-0.05, 0) is 72.8 Å². The van der Waals surface area contributed by atoms with E-state index in [2.05, 4.69) is 0 Å². The van der Waals surface area contributed by atoms with E-state index < -0.39 is 23.6 Å². The van der Waals surface area contributed by atoms with Gasteiger partial charge >= 0.3 is 0 Å². The van der Waals surface area contributed by atoms with Crippen molar-refractivity contribution in [2.45, 2.75) is 0 Å². The van der Waals surface area contributed by atoms with Crippen molar-refractivity contribution in [1.29, 1.82) is 0 Å². The van der Waals surface area contributed by atoms with Crippen LogP contribution in [0.4, 0.5) is 11.4 Å². The molecule has 0 atom stereocenters. The number of anilines is 2. The van der Waals surface area contributed by atoms with Crippen LogP contribution in [0.3, 0.4) is 0 Å². The molecule has 0 unspecified atom stereocenters. The molecular weight excluding hydrogens is 456 g/mol. The molecule has 0 saturated heterocycles. The van der Waals surface area contributed by atoms with Gasteiger partial charge in [-0.25, -0.2) is 9.80 Å². The van der Waals surface area contributed by atoms with E-state index >= 15 is 0 Å². The number of carbonyl (C=O) groups is 5. The minimum Gasteiger partial charge on any atom is -0.289 e. The number of benzene rings is 4. The average Bonchev–Trinajstić information content (AvgIpc) is 3.33. The molecule has 2 aliphatic heterocycles. The summed E-state index contributed by atoms with van der Waals surface area (Å²) in [6.07, 6.45) is 0. The van der Waals surface area contributed by atoms with Gasteiger partial charge in [0.1, 0.15) is 0 Å². The van der Waals surface area contributed by atoms with Crippen LogP contribution in [-0.2, 0) is 0 Å². The smallest absolute Gasteiger partial charge is 0.266 e. The van der Waals surface area contributed by atoms with Crippen LogP contribution in [0.1, 0.15) is 57.4 Å². The Balaban J connectivity index is 1.22. The Bertz CT molecular complexity index is 1430. The van der Waals surface area contributed by atoms with Gasteiger partial charge in [0.2, 0.25) is 0 Å². The summed E-state index contributed by atoms with van der Waals surface area (Å²) in [4.78, 5) is 66.0. The highest BCUT2D eigenvalue weighted by molar-refractivity contribution is 6.35. The van der Waals surface area contributed by atoms with Gasteiger partial charge in [0.05, 0.1) is 33.6 Å². The van der Waals surface area contributed by atoms with Crippen molar-refractivity contribution in [3.8, 4) is 0 Å². The maximum atomic E-state index is 13.0. The van der Waals surface area contributed by atoms with E-state index in [1.807, 2.05) is 0 Å². The number of rotatable bonds is 4. The number of hydrogen-bond donors (Lipinski definition) is 0. The summed E-state index contributed by atoms with van der Waals surface area (Å²) >= 11 is 0. The Hall–Kier alpha value is -5.17. The molecule has 0 radical (unpaired) electrons. The first-order valence-electron chi connectivity index (χ1n) is 11.2. The minimum atomic E-state index is -0.404. The Morgan fingerprint density at radius 3 is 0.972 bits per heavy atom. The molecule has 0 saturated carbocycles. The molecule has 36 heavy (non-hydrogen) atoms. The van der Waals surface area contributed by atoms with Gasteiger partial charge in [-0.3, -0.25) is 24.0 Å². The van der Waals surface area contributed by atoms with Gasteiger partial charge < -0.3 is 0 Å². The van der Waals surface area contributed by atoms with E-state index in [0.29, 0.717) is 44.8 Å². The largest absolute Gasteiger partial charge is 0.289 e. The van der Waals surface area contributed by atoms with Crippen molar-refractivity contribution in [2.75, 3.05) is 9.80 Å². The van der Waals surface area contributed by atoms with Gasteiger partial charge in [-0.2, -0.15) is 0 Å². The molecule has 0 aromatic heterocycles. The fourth-order valence-corrected chi connectivity index (χ4v) is 4.54. The van der Waals surface area contributed by atoms with Crippen LogP contribution < -0.4 is 9.80 Å². The van der Waals surface area contributed by atoms with Gasteiger partial charge in [-0.1, -0.05) is 24.3 Å². The second-order valence-corrected chi connectivity index (χ2v) is 8.41. The minimum absolute atomic E-state index is 0.280. The number of fused-ring (bicyclic) bond motifs is 2. The summed E-state index contributed by atoms with van der Waals surface area (Å²) in [5, 5.41) is 0. The van der Waals surface area contributed by atoms with E-state index in [0.717, 1.165) is 9.80 Å². The number of nitrogens with zero attached hydrogens (tertiary/aromatic N) is 2. The zero-order valence-corrected chi connectivity index (χ0v) is 18.7. The lowest BCUT2D eigenvalue weighted by Crippen LogP contribution is -2.29. The molecule has 0 spiro atoms. The number of hydrogen-bond acceptors (Lipinski definition) is 5. The fourth-order valence-electron chi connectivity index (χ4n) is 4.54. The summed E-state index contributed by atoms with van der Waals surface area (Å²) in [7, 11) is 0. The molecule has 4 aromatic carbocycles. The Morgan fingerprint density at radius 1 is 0.417 bits per heavy atom. The molecule has 0 bridgehead atoms. The number of ketones is 1. The predicted molar refractivity (Wildman–Crippen MR) is 131 cm³/mol. The first-order valence-corrected chi connectivity index (χ1v) is 11.2. The molecule has 0 fully saturated rings. The average molecular weight is 472 g/mol. The molecule has 7 nitrogen and oxygen atoms in total. The first-order chi connectivity index (χ1) is 17.5. The van der Waals surface area contributed by atoms with E-state index in [1.54, 1.807) is 97.1 Å². The maximum absolute atomic E-state index is 13.0. The van der Waals surface area contributed by atoms with Crippen LogP contribution in [0, 0.1) is 0 Å². The summed E-state index contributed by atoms with van der Waals surface area (Å²) in [6.45, 7) is 0. The summed E-state index contributed by atoms with van der Waals surface area (Å²) in [5.41, 5.74) is 2.87. The molecule has 0 N–H and O–H groups in total. The third kappa shape index (κ3) is 3.10. The highest BCUT2D eigenvalue weighted by Crippen LogP contribution is 2.30. The molecule has 4 amide bonds. The van der Waals surface area contributed by atoms with Crippen molar-refractivity contribution in [1.82, 2.24) is 0 Å². The Morgan fingerprint density at radius 2 is 0.694 bits per heavy atom. The normalized spacial score (nSPS) is 14.3. The van der Waals surface area contributed by atoms with Gasteiger partial charge in [0, 0.05) is 11.1 Å². The lowest BCUT2D eigenvalue weighted by atomic mass is 10.0. The lowest BCUT2D eigenvalue weighted by Gasteiger charge is -2.15. The maximum Gasteiger partial charge on any atom is 0.266 e. The zero-order valence-electron chi connectivity index (χ0n) is 18.7. The Labute approximate surface area is 205 Å². The van der Waals surface area contributed by atoms with Crippen LogP contribution in [0.5, 0.6) is 0 Å². The lowest BCUT2D eigenvalue weighted by molar-refractivity contribution is 0.0910. The summed E-state index contributed by atoms with van der Waals surface area (Å²) < 4.78 is 0. The second-order valence-electron chi connectivity index (χ2n) is 8.41. The van der Waals surface area contributed by atoms with Crippen molar-refractivity contribution in [3.63, 3.8) is 0 Å². The molecule has 2 aliphatic rings. The third-order valence-electron chi connectivity index (χ3n) is 6.36. The van der Waals surface area contributed by atoms with Crippen LogP contribution in [-0.4, -0.2) is 29.4 Å². The van der Waals surface area contributed by atoms with E-state index in [9.17, 15) is 24.0 Å². The van der Waals surface area contributed by atoms with Crippen LogP contribution in [0.25, 0.3) is 0 Å². The van der Waals surface area contributed by atoms with Crippen LogP contribution in [0.15, 0.2) is 97.1 Å². The van der Waals surface area contributed by atoms with Crippen molar-refractivity contribution >= 4 is 40.8 Å². The molecule has 2 heterocycles. The predicted octanol–water partition coefficient (Wildman–Crippen LogP) is 4.52. The van der Waals surface area contributed by atoms with Crippen molar-refractivity contribution in [3.05, 3.63) is 130 Å². The van der Waals surface area contributed by atoms with Crippen molar-refractivity contribution < 1.29 is 24.0 Å². The summed E-state index contributed by atoms with van der Waals surface area (Å²) in [6, 6.07) is 25.7. The monoisotopic (exact) mass is 472 g/mol. The zero-order chi connectivity index (χ0) is 25.0. The van der Waals surface area contributed by atoms with Crippen LogP contribution >= 0.6 is 0 Å². The molecule has 4 aromatic rings. The molecule has 6 rings (SSSR count). The number of carbonyl (C=O) groups excluding carboxylic acids is 5. The van der Waals surface area contributed by atoms with Gasteiger partial charge in [-0.15, -0.1) is 0 Å². The topological polar surface area (TPSA) is 91.8 Å². The fraction of sp³-hybridized carbons (Fsp3) is 0. The second kappa shape index (κ2) is 7.95. The highest BCUT2D eigenvalue weighted by atomic mass is 16.2. The van der Waals surface area contributed by atoms with E-state index in [4.69, 9.17) is 0 Å². The third-order valence-corrected chi connectivity index (χ3v) is 6.36. The standard InChI is InChI=1S/C29H16N2O5/c32-25(17-9-13-19(14-10-17)30-26(33)21-5-1-2-6-22(21)27(30)34)18-11-15-20(16-12-18)31-28(35)23-7-3-4-8-24(23)29(31)36/h1-16H. The molecule has 7 heteroatoms. The van der Waals surface area contributed by atoms with Crippen molar-refractivity contribution in [2.24, 2.45) is 0 Å². The van der Waals surface area contributed by atoms with E-state index in [1.165, 1.54) is 0 Å². The Kier molecular flexibility index (Phi) is 4.72. The SMILES string of the molecule is O=C(c1ccc(N2C(=O)c3ccccc3C2=O)cc1)c1ccc(N2C(=O)c3ccccc3C2=O)cc1. The highest BCUT2D eigenvalue weighted by Gasteiger charge is 2.37. The van der Waals surface area contributed by atoms with Gasteiger partial charge in [0.25, 0.3) is 23.6 Å². The number of imide groups is 2. The summed E-state index contributed by atoms with van der Waals surface area (Å²) in [5.74, 6) is -1.90. The number of amides is 4. The molecule has 172 valence electrons.